The lowest BCUT2D eigenvalue weighted by Crippen LogP contribution is -2.26. The van der Waals surface area contributed by atoms with E-state index in [2.05, 4.69) is 42.6 Å². The van der Waals surface area contributed by atoms with Crippen molar-refractivity contribution in [3.8, 4) is 5.75 Å². The highest BCUT2D eigenvalue weighted by Gasteiger charge is 2.32. The molecule has 0 aromatic heterocycles. The summed E-state index contributed by atoms with van der Waals surface area (Å²) in [7, 11) is 0. The highest BCUT2D eigenvalue weighted by Crippen LogP contribution is 2.42. The molecule has 1 saturated carbocycles. The van der Waals surface area contributed by atoms with Crippen LogP contribution in [0, 0.1) is 5.92 Å². The summed E-state index contributed by atoms with van der Waals surface area (Å²) in [6.07, 6.45) is 2.63. The first kappa shape index (κ1) is 13.2. The molecule has 0 saturated heterocycles. The molecule has 2 unspecified atom stereocenters. The minimum absolute atomic E-state index is 0.279. The summed E-state index contributed by atoms with van der Waals surface area (Å²) in [5, 5.41) is 13.1. The van der Waals surface area contributed by atoms with Crippen molar-refractivity contribution in [3.63, 3.8) is 0 Å². The molecule has 0 spiro atoms. The summed E-state index contributed by atoms with van der Waals surface area (Å²) in [6, 6.07) is 18.9. The van der Waals surface area contributed by atoms with Gasteiger partial charge in [0.1, 0.15) is 5.75 Å². The van der Waals surface area contributed by atoms with Crippen molar-refractivity contribution in [1.82, 2.24) is 5.32 Å². The van der Waals surface area contributed by atoms with E-state index < -0.39 is 0 Å². The monoisotopic (exact) mass is 267 g/mol. The molecule has 104 valence electrons. The fourth-order valence-electron chi connectivity index (χ4n) is 2.72. The maximum absolute atomic E-state index is 9.38. The van der Waals surface area contributed by atoms with Crippen molar-refractivity contribution >= 4 is 0 Å². The number of benzene rings is 2. The molecule has 20 heavy (non-hydrogen) atoms. The third-order valence-electron chi connectivity index (χ3n) is 4.07. The normalized spacial score (nSPS) is 17.6. The number of rotatable bonds is 5. The topological polar surface area (TPSA) is 32.3 Å². The molecular formula is C18H21NO. The van der Waals surface area contributed by atoms with Crippen LogP contribution in [0.15, 0.2) is 54.6 Å². The van der Waals surface area contributed by atoms with Gasteiger partial charge in [-0.05, 0) is 48.9 Å². The molecule has 0 heterocycles. The van der Waals surface area contributed by atoms with Gasteiger partial charge in [-0.2, -0.15) is 0 Å². The summed E-state index contributed by atoms with van der Waals surface area (Å²) in [5.41, 5.74) is 2.59. The molecule has 2 heteroatoms. The first-order valence-electron chi connectivity index (χ1n) is 7.34. The first-order valence-corrected chi connectivity index (χ1v) is 7.34. The zero-order chi connectivity index (χ0) is 13.9. The van der Waals surface area contributed by atoms with Gasteiger partial charge in [0, 0.05) is 12.1 Å². The van der Waals surface area contributed by atoms with E-state index in [-0.39, 0.29) is 6.04 Å². The van der Waals surface area contributed by atoms with E-state index in [0.29, 0.717) is 11.8 Å². The number of aromatic hydroxyl groups is 1. The van der Waals surface area contributed by atoms with Crippen LogP contribution in [-0.4, -0.2) is 5.11 Å². The summed E-state index contributed by atoms with van der Waals surface area (Å²) in [6.45, 7) is 2.19. The van der Waals surface area contributed by atoms with Crippen LogP contribution in [0.4, 0.5) is 0 Å². The van der Waals surface area contributed by atoms with Crippen LogP contribution in [0.2, 0.25) is 0 Å². The molecule has 0 bridgehead atoms. The van der Waals surface area contributed by atoms with E-state index in [4.69, 9.17) is 0 Å². The maximum Gasteiger partial charge on any atom is 0.115 e. The summed E-state index contributed by atoms with van der Waals surface area (Å²) >= 11 is 0. The molecule has 0 amide bonds. The number of phenols is 1. The summed E-state index contributed by atoms with van der Waals surface area (Å²) in [5.74, 6) is 1.08. The number of hydrogen-bond donors (Lipinski definition) is 2. The van der Waals surface area contributed by atoms with Crippen LogP contribution < -0.4 is 5.32 Å². The molecule has 3 rings (SSSR count). The smallest absolute Gasteiger partial charge is 0.115 e. The van der Waals surface area contributed by atoms with E-state index in [9.17, 15) is 5.11 Å². The zero-order valence-corrected chi connectivity index (χ0v) is 11.8. The van der Waals surface area contributed by atoms with Crippen molar-refractivity contribution in [2.75, 3.05) is 0 Å². The van der Waals surface area contributed by atoms with Gasteiger partial charge in [0.05, 0.1) is 0 Å². The Morgan fingerprint density at radius 3 is 2.20 bits per heavy atom. The SMILES string of the molecule is CC(NC(c1ccccc1)C1CC1)c1ccc(O)cc1. The number of phenolic OH excluding ortho intramolecular Hbond substituents is 1. The van der Waals surface area contributed by atoms with Gasteiger partial charge in [0.25, 0.3) is 0 Å². The minimum Gasteiger partial charge on any atom is -0.508 e. The minimum atomic E-state index is 0.279. The van der Waals surface area contributed by atoms with Gasteiger partial charge < -0.3 is 10.4 Å². The van der Waals surface area contributed by atoms with Gasteiger partial charge in [-0.25, -0.2) is 0 Å². The number of nitrogens with one attached hydrogen (secondary N) is 1. The Labute approximate surface area is 120 Å². The highest BCUT2D eigenvalue weighted by atomic mass is 16.3. The fraction of sp³-hybridized carbons (Fsp3) is 0.333. The Hall–Kier alpha value is -1.80. The molecule has 0 radical (unpaired) electrons. The predicted octanol–water partition coefficient (Wildman–Crippen LogP) is 4.19. The van der Waals surface area contributed by atoms with E-state index in [0.717, 1.165) is 5.92 Å². The largest absolute Gasteiger partial charge is 0.508 e. The molecule has 2 aromatic carbocycles. The van der Waals surface area contributed by atoms with Crippen molar-refractivity contribution < 1.29 is 5.11 Å². The zero-order valence-electron chi connectivity index (χ0n) is 11.8. The van der Waals surface area contributed by atoms with Crippen molar-refractivity contribution in [3.05, 3.63) is 65.7 Å². The van der Waals surface area contributed by atoms with E-state index in [1.165, 1.54) is 24.0 Å². The standard InChI is InChI=1S/C18H21NO/c1-13(14-9-11-17(20)12-10-14)19-18(16-7-8-16)15-5-3-2-4-6-15/h2-6,9-13,16,18-20H,7-8H2,1H3. The highest BCUT2D eigenvalue weighted by molar-refractivity contribution is 5.28. The third-order valence-corrected chi connectivity index (χ3v) is 4.07. The van der Waals surface area contributed by atoms with Crippen LogP contribution in [-0.2, 0) is 0 Å². The molecule has 2 aromatic rings. The Bertz CT molecular complexity index is 545. The Balaban J connectivity index is 1.75. The van der Waals surface area contributed by atoms with Gasteiger partial charge in [-0.15, -0.1) is 0 Å². The average Bonchev–Trinajstić information content (AvgIpc) is 3.31. The van der Waals surface area contributed by atoms with Gasteiger partial charge in [0.15, 0.2) is 0 Å². The van der Waals surface area contributed by atoms with E-state index in [1.807, 2.05) is 12.1 Å². The molecule has 2 N–H and O–H groups in total. The van der Waals surface area contributed by atoms with Crippen LogP contribution in [0.25, 0.3) is 0 Å². The molecule has 1 aliphatic rings. The maximum atomic E-state index is 9.38. The molecule has 2 atom stereocenters. The second kappa shape index (κ2) is 5.68. The van der Waals surface area contributed by atoms with Crippen molar-refractivity contribution in [1.29, 1.82) is 0 Å². The van der Waals surface area contributed by atoms with Gasteiger partial charge >= 0.3 is 0 Å². The lowest BCUT2D eigenvalue weighted by molar-refractivity contribution is 0.426. The Morgan fingerprint density at radius 1 is 0.950 bits per heavy atom. The third kappa shape index (κ3) is 3.02. The molecule has 2 nitrogen and oxygen atoms in total. The first-order chi connectivity index (χ1) is 9.74. The fourth-order valence-corrected chi connectivity index (χ4v) is 2.72. The predicted molar refractivity (Wildman–Crippen MR) is 81.6 cm³/mol. The van der Waals surface area contributed by atoms with Gasteiger partial charge in [-0.3, -0.25) is 0 Å². The molecular weight excluding hydrogens is 246 g/mol. The lowest BCUT2D eigenvalue weighted by atomic mass is 9.99. The van der Waals surface area contributed by atoms with Gasteiger partial charge in [0.2, 0.25) is 0 Å². The Morgan fingerprint density at radius 2 is 1.60 bits per heavy atom. The quantitative estimate of drug-likeness (QED) is 0.851. The second-order valence-electron chi connectivity index (χ2n) is 5.71. The van der Waals surface area contributed by atoms with Crippen molar-refractivity contribution in [2.24, 2.45) is 5.92 Å². The van der Waals surface area contributed by atoms with Gasteiger partial charge in [-0.1, -0.05) is 42.5 Å². The van der Waals surface area contributed by atoms with E-state index >= 15 is 0 Å². The van der Waals surface area contributed by atoms with E-state index in [1.54, 1.807) is 12.1 Å². The average molecular weight is 267 g/mol. The lowest BCUT2D eigenvalue weighted by Gasteiger charge is -2.24. The molecule has 1 fully saturated rings. The van der Waals surface area contributed by atoms with Crippen LogP contribution in [0.3, 0.4) is 0 Å². The Kier molecular flexibility index (Phi) is 3.75. The van der Waals surface area contributed by atoms with Crippen LogP contribution >= 0.6 is 0 Å². The number of hydrogen-bond acceptors (Lipinski definition) is 2. The van der Waals surface area contributed by atoms with Crippen molar-refractivity contribution in [2.45, 2.75) is 31.8 Å². The molecule has 0 aliphatic heterocycles. The molecule has 1 aliphatic carbocycles. The second-order valence-corrected chi connectivity index (χ2v) is 5.71. The summed E-state index contributed by atoms with van der Waals surface area (Å²) in [4.78, 5) is 0. The van der Waals surface area contributed by atoms with Crippen LogP contribution in [0.5, 0.6) is 5.75 Å². The van der Waals surface area contributed by atoms with Crippen LogP contribution in [0.1, 0.15) is 43.0 Å². The summed E-state index contributed by atoms with van der Waals surface area (Å²) < 4.78 is 0.